The first-order chi connectivity index (χ1) is 8.06. The lowest BCUT2D eigenvalue weighted by Crippen LogP contribution is -2.41. The molecule has 1 fully saturated rings. The quantitative estimate of drug-likeness (QED) is 0.817. The number of hydrogen-bond donors (Lipinski definition) is 2. The Morgan fingerprint density at radius 3 is 2.65 bits per heavy atom. The Bertz CT molecular complexity index is 422. The molecule has 0 saturated heterocycles. The normalized spacial score (nSPS) is 28.9. The third-order valence-electron chi connectivity index (χ3n) is 3.74. The second-order valence-electron chi connectivity index (χ2n) is 4.75. The highest BCUT2D eigenvalue weighted by Gasteiger charge is 2.44. The average Bonchev–Trinajstić information content (AvgIpc) is 2.31. The molecule has 0 aliphatic heterocycles. The maximum atomic E-state index is 11.6. The van der Waals surface area contributed by atoms with Crippen LogP contribution in [-0.2, 0) is 10.2 Å². The number of aliphatic hydroxyl groups excluding tert-OH is 1. The van der Waals surface area contributed by atoms with Crippen LogP contribution in [0, 0.1) is 6.92 Å². The van der Waals surface area contributed by atoms with Gasteiger partial charge in [0.15, 0.2) is 0 Å². The number of aliphatic hydroxyl groups is 1. The fraction of sp³-hybridized carbons (Fsp3) is 0.538. The largest absolute Gasteiger partial charge is 0.481 e. The monoisotopic (exact) mass is 235 g/mol. The van der Waals surface area contributed by atoms with E-state index in [0.29, 0.717) is 25.7 Å². The minimum atomic E-state index is -0.864. The van der Waals surface area contributed by atoms with Gasteiger partial charge in [0.25, 0.3) is 0 Å². The van der Waals surface area contributed by atoms with Crippen LogP contribution in [0.1, 0.15) is 36.9 Å². The highest BCUT2D eigenvalue weighted by Crippen LogP contribution is 2.40. The summed E-state index contributed by atoms with van der Waals surface area (Å²) < 4.78 is 0. The van der Waals surface area contributed by atoms with E-state index >= 15 is 0 Å². The molecule has 0 radical (unpaired) electrons. The molecule has 1 aliphatic carbocycles. The summed E-state index contributed by atoms with van der Waals surface area (Å²) in [6.07, 6.45) is 3.36. The van der Waals surface area contributed by atoms with Gasteiger partial charge in [0.1, 0.15) is 0 Å². The molecule has 0 unspecified atom stereocenters. The Morgan fingerprint density at radius 2 is 2.12 bits per heavy atom. The van der Waals surface area contributed by atoms with Gasteiger partial charge < -0.3 is 10.2 Å². The molecule has 2 rings (SSSR count). The fourth-order valence-electron chi connectivity index (χ4n) is 2.68. The van der Waals surface area contributed by atoms with E-state index in [0.717, 1.165) is 11.3 Å². The number of aromatic nitrogens is 1. The number of hydrogen-bond acceptors (Lipinski definition) is 3. The van der Waals surface area contributed by atoms with Crippen LogP contribution in [0.2, 0.25) is 0 Å². The van der Waals surface area contributed by atoms with Crippen LogP contribution in [-0.4, -0.2) is 27.3 Å². The first kappa shape index (κ1) is 12.0. The van der Waals surface area contributed by atoms with Gasteiger partial charge in [-0.3, -0.25) is 9.78 Å². The van der Waals surface area contributed by atoms with Crippen molar-refractivity contribution in [3.05, 3.63) is 29.6 Å². The summed E-state index contributed by atoms with van der Waals surface area (Å²) in [6.45, 7) is 1.84. The van der Waals surface area contributed by atoms with E-state index in [9.17, 15) is 15.0 Å². The molecule has 1 heterocycles. The van der Waals surface area contributed by atoms with Crippen LogP contribution in [0.4, 0.5) is 0 Å². The Kier molecular flexibility index (Phi) is 3.15. The Morgan fingerprint density at radius 1 is 1.47 bits per heavy atom. The summed E-state index contributed by atoms with van der Waals surface area (Å²) in [5, 5.41) is 19.1. The van der Waals surface area contributed by atoms with Gasteiger partial charge in [0, 0.05) is 11.9 Å². The van der Waals surface area contributed by atoms with Gasteiger partial charge in [-0.2, -0.15) is 0 Å². The van der Waals surface area contributed by atoms with Crippen molar-refractivity contribution in [3.63, 3.8) is 0 Å². The predicted molar refractivity (Wildman–Crippen MR) is 62.8 cm³/mol. The molecule has 1 aromatic rings. The van der Waals surface area contributed by atoms with E-state index in [-0.39, 0.29) is 6.10 Å². The van der Waals surface area contributed by atoms with Gasteiger partial charge in [-0.15, -0.1) is 0 Å². The number of nitrogens with zero attached hydrogens (tertiary/aromatic N) is 1. The van der Waals surface area contributed by atoms with E-state index in [2.05, 4.69) is 4.98 Å². The van der Waals surface area contributed by atoms with Crippen molar-refractivity contribution >= 4 is 5.97 Å². The van der Waals surface area contributed by atoms with E-state index in [1.54, 1.807) is 12.3 Å². The Labute approximate surface area is 100 Å². The fourth-order valence-corrected chi connectivity index (χ4v) is 2.68. The van der Waals surface area contributed by atoms with Crippen molar-refractivity contribution in [3.8, 4) is 0 Å². The number of rotatable bonds is 2. The highest BCUT2D eigenvalue weighted by molar-refractivity contribution is 5.81. The van der Waals surface area contributed by atoms with E-state index < -0.39 is 11.4 Å². The summed E-state index contributed by atoms with van der Waals surface area (Å²) in [4.78, 5) is 15.8. The number of pyridine rings is 1. The third-order valence-corrected chi connectivity index (χ3v) is 3.74. The Hall–Kier alpha value is -1.42. The van der Waals surface area contributed by atoms with Crippen LogP contribution >= 0.6 is 0 Å². The molecule has 92 valence electrons. The van der Waals surface area contributed by atoms with Crippen LogP contribution in [0.15, 0.2) is 18.3 Å². The number of aryl methyl sites for hydroxylation is 1. The highest BCUT2D eigenvalue weighted by atomic mass is 16.4. The average molecular weight is 235 g/mol. The third kappa shape index (κ3) is 2.05. The van der Waals surface area contributed by atoms with Crippen molar-refractivity contribution in [2.75, 3.05) is 0 Å². The molecule has 0 amide bonds. The molecule has 0 spiro atoms. The molecule has 1 saturated carbocycles. The van der Waals surface area contributed by atoms with Gasteiger partial charge in [-0.1, -0.05) is 6.07 Å². The molecule has 17 heavy (non-hydrogen) atoms. The zero-order valence-electron chi connectivity index (χ0n) is 9.89. The standard InChI is InChI=1S/C13H17NO3/c1-9-11(3-2-8-14-9)13(12(16)17)6-4-10(15)5-7-13/h2-3,8,10,15H,4-7H2,1H3,(H,16,17). The molecular weight excluding hydrogens is 218 g/mol. The van der Waals surface area contributed by atoms with Crippen molar-refractivity contribution < 1.29 is 15.0 Å². The first-order valence-corrected chi connectivity index (χ1v) is 5.90. The first-order valence-electron chi connectivity index (χ1n) is 5.90. The lowest BCUT2D eigenvalue weighted by Gasteiger charge is -2.36. The number of carboxylic acid groups (broad SMARTS) is 1. The smallest absolute Gasteiger partial charge is 0.314 e. The summed E-state index contributed by atoms with van der Waals surface area (Å²) in [7, 11) is 0. The SMILES string of the molecule is Cc1ncccc1C1(C(=O)O)CCC(O)CC1. The molecule has 1 aliphatic rings. The van der Waals surface area contributed by atoms with Gasteiger partial charge in [0.05, 0.1) is 11.5 Å². The molecular formula is C13H17NO3. The minimum absolute atomic E-state index is 0.362. The predicted octanol–water partition coefficient (Wildman–Crippen LogP) is 1.65. The van der Waals surface area contributed by atoms with Gasteiger partial charge in [-0.05, 0) is 44.2 Å². The van der Waals surface area contributed by atoms with Crippen molar-refractivity contribution in [2.45, 2.75) is 44.1 Å². The maximum Gasteiger partial charge on any atom is 0.314 e. The van der Waals surface area contributed by atoms with Gasteiger partial charge in [0.2, 0.25) is 0 Å². The van der Waals surface area contributed by atoms with Crippen molar-refractivity contribution in [2.24, 2.45) is 0 Å². The van der Waals surface area contributed by atoms with Crippen LogP contribution < -0.4 is 0 Å². The molecule has 1 aromatic heterocycles. The Balaban J connectivity index is 2.42. The topological polar surface area (TPSA) is 70.4 Å². The second-order valence-corrected chi connectivity index (χ2v) is 4.75. The van der Waals surface area contributed by atoms with E-state index in [1.807, 2.05) is 13.0 Å². The molecule has 0 aromatic carbocycles. The number of carboxylic acids is 1. The minimum Gasteiger partial charge on any atom is -0.481 e. The molecule has 0 bridgehead atoms. The summed E-state index contributed by atoms with van der Waals surface area (Å²) in [6, 6.07) is 3.62. The van der Waals surface area contributed by atoms with Gasteiger partial charge >= 0.3 is 5.97 Å². The lowest BCUT2D eigenvalue weighted by molar-refractivity contribution is -0.146. The molecule has 4 nitrogen and oxygen atoms in total. The summed E-state index contributed by atoms with van der Waals surface area (Å²) in [5.41, 5.74) is 0.697. The van der Waals surface area contributed by atoms with Crippen LogP contribution in [0.3, 0.4) is 0 Å². The second kappa shape index (κ2) is 4.45. The van der Waals surface area contributed by atoms with Crippen LogP contribution in [0.25, 0.3) is 0 Å². The summed E-state index contributed by atoms with van der Waals surface area (Å²) >= 11 is 0. The number of aliphatic carboxylic acids is 1. The van der Waals surface area contributed by atoms with Gasteiger partial charge in [-0.25, -0.2) is 0 Å². The zero-order chi connectivity index (χ0) is 12.5. The van der Waals surface area contributed by atoms with E-state index in [1.165, 1.54) is 0 Å². The molecule has 0 atom stereocenters. The van der Waals surface area contributed by atoms with Crippen molar-refractivity contribution in [1.29, 1.82) is 0 Å². The zero-order valence-corrected chi connectivity index (χ0v) is 9.89. The molecule has 4 heteroatoms. The molecule has 2 N–H and O–H groups in total. The lowest BCUT2D eigenvalue weighted by atomic mass is 9.68. The van der Waals surface area contributed by atoms with E-state index in [4.69, 9.17) is 0 Å². The van der Waals surface area contributed by atoms with Crippen LogP contribution in [0.5, 0.6) is 0 Å². The number of carbonyl (C=O) groups is 1. The van der Waals surface area contributed by atoms with Crippen molar-refractivity contribution in [1.82, 2.24) is 4.98 Å². The maximum absolute atomic E-state index is 11.6. The summed E-state index contributed by atoms with van der Waals surface area (Å²) in [5.74, 6) is -0.805.